The minimum Gasteiger partial charge on any atom is -0.465 e. The Labute approximate surface area is 88.3 Å². The van der Waals surface area contributed by atoms with Crippen LogP contribution in [0.2, 0.25) is 0 Å². The molecule has 0 aliphatic heterocycles. The molecule has 0 aliphatic rings. The minimum atomic E-state index is -1.01. The Balaban J connectivity index is 2.32. The summed E-state index contributed by atoms with van der Waals surface area (Å²) in [6.45, 7) is 0.911. The second-order valence-corrected chi connectivity index (χ2v) is 2.88. The summed E-state index contributed by atoms with van der Waals surface area (Å²) < 4.78 is 0. The summed E-state index contributed by atoms with van der Waals surface area (Å²) in [7, 11) is 0. The maximum atomic E-state index is 10.1. The third-order valence-electron chi connectivity index (χ3n) is 1.78. The lowest BCUT2D eigenvalue weighted by molar-refractivity contribution is 0.195. The molecular weight excluding hydrogens is 192 g/mol. The van der Waals surface area contributed by atoms with Gasteiger partial charge in [0.25, 0.3) is 0 Å². The van der Waals surface area contributed by atoms with Crippen LogP contribution in [0, 0.1) is 12.3 Å². The average Bonchev–Trinajstić information content (AvgIpc) is 2.25. The molecule has 0 fully saturated rings. The third-order valence-corrected chi connectivity index (χ3v) is 1.78. The van der Waals surface area contributed by atoms with Gasteiger partial charge in [0.2, 0.25) is 0 Å². The first-order valence-electron chi connectivity index (χ1n) is 4.49. The molecule has 0 atom stereocenters. The fraction of sp³-hybridized carbons (Fsp3) is 0.182. The Bertz CT molecular complexity index is 365. The molecule has 4 heteroatoms. The van der Waals surface area contributed by atoms with Gasteiger partial charge in [-0.25, -0.2) is 4.79 Å². The Morgan fingerprint density at radius 3 is 2.53 bits per heavy atom. The predicted octanol–water partition coefficient (Wildman–Crippen LogP) is 1.35. The van der Waals surface area contributed by atoms with Gasteiger partial charge in [-0.2, -0.15) is 0 Å². The van der Waals surface area contributed by atoms with Crippen LogP contribution in [0.5, 0.6) is 0 Å². The molecule has 0 spiro atoms. The highest BCUT2D eigenvalue weighted by Crippen LogP contribution is 2.07. The Morgan fingerprint density at radius 2 is 2.00 bits per heavy atom. The topological polar surface area (TPSA) is 61.4 Å². The number of hydrogen-bond acceptors (Lipinski definition) is 2. The van der Waals surface area contributed by atoms with Crippen LogP contribution in [0.3, 0.4) is 0 Å². The van der Waals surface area contributed by atoms with Crippen molar-refractivity contribution in [3.05, 3.63) is 29.8 Å². The van der Waals surface area contributed by atoms with Crippen LogP contribution in [0.25, 0.3) is 0 Å². The average molecular weight is 204 g/mol. The molecule has 0 heterocycles. The summed E-state index contributed by atoms with van der Waals surface area (Å²) in [4.78, 5) is 10.1. The molecule has 0 unspecified atom stereocenters. The van der Waals surface area contributed by atoms with E-state index in [2.05, 4.69) is 16.6 Å². The molecule has 3 N–H and O–H groups in total. The lowest BCUT2D eigenvalue weighted by Gasteiger charge is -2.05. The second-order valence-electron chi connectivity index (χ2n) is 2.88. The SMILES string of the molecule is C#Cc1ccc(NCCNC(=O)O)cc1. The van der Waals surface area contributed by atoms with Crippen LogP contribution in [-0.2, 0) is 0 Å². The van der Waals surface area contributed by atoms with Crippen molar-refractivity contribution in [2.24, 2.45) is 0 Å². The van der Waals surface area contributed by atoms with Crippen molar-refractivity contribution in [2.75, 3.05) is 18.4 Å². The summed E-state index contributed by atoms with van der Waals surface area (Å²) >= 11 is 0. The number of terminal acetylenes is 1. The van der Waals surface area contributed by atoms with Gasteiger partial charge in [0.15, 0.2) is 0 Å². The van der Waals surface area contributed by atoms with Crippen molar-refractivity contribution in [2.45, 2.75) is 0 Å². The molecule has 1 rings (SSSR count). The normalized spacial score (nSPS) is 9.00. The first-order valence-corrected chi connectivity index (χ1v) is 4.49. The quantitative estimate of drug-likeness (QED) is 0.512. The van der Waals surface area contributed by atoms with E-state index in [-0.39, 0.29) is 0 Å². The first kappa shape index (κ1) is 10.9. The van der Waals surface area contributed by atoms with Gasteiger partial charge in [-0.1, -0.05) is 5.92 Å². The lowest BCUT2D eigenvalue weighted by Crippen LogP contribution is -2.26. The smallest absolute Gasteiger partial charge is 0.404 e. The maximum Gasteiger partial charge on any atom is 0.404 e. The molecule has 0 aliphatic carbocycles. The van der Waals surface area contributed by atoms with Crippen LogP contribution >= 0.6 is 0 Å². The van der Waals surface area contributed by atoms with Crippen molar-refractivity contribution in [1.82, 2.24) is 5.32 Å². The van der Waals surface area contributed by atoms with E-state index in [1.54, 1.807) is 0 Å². The van der Waals surface area contributed by atoms with Crippen molar-refractivity contribution < 1.29 is 9.90 Å². The lowest BCUT2D eigenvalue weighted by atomic mass is 10.2. The first-order chi connectivity index (χ1) is 7.22. The van der Waals surface area contributed by atoms with Crippen molar-refractivity contribution in [3.63, 3.8) is 0 Å². The van der Waals surface area contributed by atoms with E-state index >= 15 is 0 Å². The van der Waals surface area contributed by atoms with Gasteiger partial charge in [0.1, 0.15) is 0 Å². The van der Waals surface area contributed by atoms with Crippen LogP contribution < -0.4 is 10.6 Å². The van der Waals surface area contributed by atoms with E-state index in [1.807, 2.05) is 24.3 Å². The molecule has 1 aromatic rings. The van der Waals surface area contributed by atoms with Gasteiger partial charge in [-0.05, 0) is 24.3 Å². The summed E-state index contributed by atoms with van der Waals surface area (Å²) in [6, 6.07) is 7.37. The van der Waals surface area contributed by atoms with Gasteiger partial charge >= 0.3 is 6.09 Å². The molecule has 0 saturated heterocycles. The number of rotatable bonds is 4. The van der Waals surface area contributed by atoms with Gasteiger partial charge < -0.3 is 15.7 Å². The Morgan fingerprint density at radius 1 is 1.33 bits per heavy atom. The second kappa shape index (κ2) is 5.55. The zero-order valence-electron chi connectivity index (χ0n) is 8.16. The number of benzene rings is 1. The van der Waals surface area contributed by atoms with Gasteiger partial charge in [0, 0.05) is 24.3 Å². The minimum absolute atomic E-state index is 0.367. The fourth-order valence-corrected chi connectivity index (χ4v) is 1.06. The molecule has 4 nitrogen and oxygen atoms in total. The van der Waals surface area contributed by atoms with Crippen molar-refractivity contribution in [1.29, 1.82) is 0 Å². The van der Waals surface area contributed by atoms with Crippen LogP contribution in [0.15, 0.2) is 24.3 Å². The van der Waals surface area contributed by atoms with Gasteiger partial charge in [0.05, 0.1) is 0 Å². The zero-order valence-corrected chi connectivity index (χ0v) is 8.16. The monoisotopic (exact) mass is 204 g/mol. The Kier molecular flexibility index (Phi) is 4.05. The molecule has 15 heavy (non-hydrogen) atoms. The van der Waals surface area contributed by atoms with E-state index < -0.39 is 6.09 Å². The number of hydrogen-bond donors (Lipinski definition) is 3. The molecule has 0 saturated carbocycles. The van der Waals surface area contributed by atoms with Crippen LogP contribution in [0.4, 0.5) is 10.5 Å². The number of carboxylic acid groups (broad SMARTS) is 1. The highest BCUT2D eigenvalue weighted by Gasteiger charge is 1.94. The summed E-state index contributed by atoms with van der Waals surface area (Å²) in [5.41, 5.74) is 1.74. The van der Waals surface area contributed by atoms with E-state index in [9.17, 15) is 4.79 Å². The molecule has 0 aromatic heterocycles. The molecule has 0 bridgehead atoms. The summed E-state index contributed by atoms with van der Waals surface area (Å²) in [5.74, 6) is 2.52. The van der Waals surface area contributed by atoms with Crippen LogP contribution in [0.1, 0.15) is 5.56 Å². The highest BCUT2D eigenvalue weighted by molar-refractivity contribution is 5.64. The standard InChI is InChI=1S/C11H12N2O2/c1-2-9-3-5-10(6-4-9)12-7-8-13-11(14)15/h1,3-6,12-13H,7-8H2,(H,14,15). The third kappa shape index (κ3) is 4.05. The predicted molar refractivity (Wildman–Crippen MR) is 58.9 cm³/mol. The molecule has 78 valence electrons. The number of amides is 1. The van der Waals surface area contributed by atoms with E-state index in [1.165, 1.54) is 0 Å². The molecular formula is C11H12N2O2. The van der Waals surface area contributed by atoms with Gasteiger partial charge in [-0.15, -0.1) is 6.42 Å². The summed E-state index contributed by atoms with van der Waals surface area (Å²) in [6.07, 6.45) is 4.19. The van der Waals surface area contributed by atoms with Crippen LogP contribution in [-0.4, -0.2) is 24.3 Å². The molecule has 0 radical (unpaired) electrons. The highest BCUT2D eigenvalue weighted by atomic mass is 16.4. The number of nitrogens with one attached hydrogen (secondary N) is 2. The number of anilines is 1. The summed E-state index contributed by atoms with van der Waals surface area (Å²) in [5, 5.41) is 13.6. The van der Waals surface area contributed by atoms with E-state index in [0.717, 1.165) is 11.3 Å². The zero-order chi connectivity index (χ0) is 11.1. The number of carbonyl (C=O) groups is 1. The van der Waals surface area contributed by atoms with Crippen molar-refractivity contribution >= 4 is 11.8 Å². The largest absolute Gasteiger partial charge is 0.465 e. The maximum absolute atomic E-state index is 10.1. The Hall–Kier alpha value is -2.15. The van der Waals surface area contributed by atoms with E-state index in [0.29, 0.717) is 13.1 Å². The van der Waals surface area contributed by atoms with E-state index in [4.69, 9.17) is 11.5 Å². The molecule has 1 aromatic carbocycles. The van der Waals surface area contributed by atoms with Crippen molar-refractivity contribution in [3.8, 4) is 12.3 Å². The molecule has 1 amide bonds. The fourth-order valence-electron chi connectivity index (χ4n) is 1.06. The van der Waals surface area contributed by atoms with Gasteiger partial charge in [-0.3, -0.25) is 0 Å².